The van der Waals surface area contributed by atoms with E-state index in [1.165, 1.54) is 0 Å². The van der Waals surface area contributed by atoms with Gasteiger partial charge >= 0.3 is 0 Å². The largest absolute Gasteiger partial charge is 0.340 e. The average Bonchev–Trinajstić information content (AvgIpc) is 2.34. The van der Waals surface area contributed by atoms with Crippen molar-refractivity contribution in [3.05, 3.63) is 33.8 Å². The summed E-state index contributed by atoms with van der Waals surface area (Å²) in [6, 6.07) is 5.52. The van der Waals surface area contributed by atoms with E-state index in [4.69, 9.17) is 23.2 Å². The molecule has 0 saturated carbocycles. The molecule has 0 atom stereocenters. The van der Waals surface area contributed by atoms with E-state index < -0.39 is 0 Å². The lowest BCUT2D eigenvalue weighted by atomic mass is 10.2. The van der Waals surface area contributed by atoms with Gasteiger partial charge in [0.2, 0.25) is 5.91 Å². The van der Waals surface area contributed by atoms with Crippen LogP contribution in [0.4, 0.5) is 0 Å². The lowest BCUT2D eigenvalue weighted by Crippen LogP contribution is -2.47. The minimum atomic E-state index is 0.149. The second-order valence-corrected chi connectivity index (χ2v) is 5.36. The molecule has 0 aliphatic carbocycles. The van der Waals surface area contributed by atoms with Crippen molar-refractivity contribution >= 4 is 29.1 Å². The zero-order chi connectivity index (χ0) is 13.1. The van der Waals surface area contributed by atoms with Crippen LogP contribution in [0.15, 0.2) is 18.2 Å². The van der Waals surface area contributed by atoms with Gasteiger partial charge in [0.1, 0.15) is 0 Å². The van der Waals surface area contributed by atoms with Crippen molar-refractivity contribution in [1.82, 2.24) is 9.80 Å². The van der Waals surface area contributed by atoms with Crippen molar-refractivity contribution in [2.75, 3.05) is 26.2 Å². The van der Waals surface area contributed by atoms with Crippen molar-refractivity contribution in [1.29, 1.82) is 0 Å². The Balaban J connectivity index is 1.95. The molecule has 1 aliphatic heterocycles. The number of carbonyl (C=O) groups excluding carboxylic acids is 1. The van der Waals surface area contributed by atoms with Crippen LogP contribution >= 0.6 is 23.2 Å². The Kier molecular flexibility index (Phi) is 4.49. The molecule has 1 amide bonds. The van der Waals surface area contributed by atoms with Crippen molar-refractivity contribution in [2.45, 2.75) is 13.5 Å². The predicted octanol–water partition coefficient (Wildman–Crippen LogP) is 2.66. The lowest BCUT2D eigenvalue weighted by Gasteiger charge is -2.34. The predicted molar refractivity (Wildman–Crippen MR) is 74.0 cm³/mol. The number of hydrogen-bond donors (Lipinski definition) is 0. The van der Waals surface area contributed by atoms with E-state index in [1.807, 2.05) is 17.0 Å². The topological polar surface area (TPSA) is 23.6 Å². The first kappa shape index (κ1) is 13.7. The molecule has 1 heterocycles. The van der Waals surface area contributed by atoms with Crippen LogP contribution in [0, 0.1) is 0 Å². The fourth-order valence-corrected chi connectivity index (χ4v) is 2.50. The number of nitrogens with zero attached hydrogens (tertiary/aromatic N) is 2. The van der Waals surface area contributed by atoms with Crippen LogP contribution in [0.3, 0.4) is 0 Å². The van der Waals surface area contributed by atoms with Crippen LogP contribution in [-0.4, -0.2) is 41.9 Å². The summed E-state index contributed by atoms with van der Waals surface area (Å²) < 4.78 is 0. The molecule has 1 fully saturated rings. The van der Waals surface area contributed by atoms with E-state index in [2.05, 4.69) is 4.90 Å². The maximum Gasteiger partial charge on any atom is 0.219 e. The highest BCUT2D eigenvalue weighted by atomic mass is 35.5. The summed E-state index contributed by atoms with van der Waals surface area (Å²) in [5, 5.41) is 1.45. The van der Waals surface area contributed by atoms with Crippen LogP contribution in [0.5, 0.6) is 0 Å². The molecule has 0 unspecified atom stereocenters. The zero-order valence-electron chi connectivity index (χ0n) is 10.3. The highest BCUT2D eigenvalue weighted by Gasteiger charge is 2.19. The van der Waals surface area contributed by atoms with Gasteiger partial charge in [-0.3, -0.25) is 9.69 Å². The fraction of sp³-hybridized carbons (Fsp3) is 0.462. The third kappa shape index (κ3) is 3.37. The molecule has 0 N–H and O–H groups in total. The highest BCUT2D eigenvalue weighted by Crippen LogP contribution is 2.22. The SMILES string of the molecule is CC(=O)N1CCN(Cc2cc(Cl)ccc2Cl)CC1. The number of piperazine rings is 1. The maximum absolute atomic E-state index is 11.2. The van der Waals surface area contributed by atoms with Crippen LogP contribution in [0.1, 0.15) is 12.5 Å². The van der Waals surface area contributed by atoms with Gasteiger partial charge in [0, 0.05) is 49.7 Å². The first-order valence-corrected chi connectivity index (χ1v) is 6.73. The smallest absolute Gasteiger partial charge is 0.219 e. The quantitative estimate of drug-likeness (QED) is 0.835. The van der Waals surface area contributed by atoms with Crippen molar-refractivity contribution < 1.29 is 4.79 Å². The first-order valence-electron chi connectivity index (χ1n) is 5.98. The number of halogens is 2. The summed E-state index contributed by atoms with van der Waals surface area (Å²) >= 11 is 12.1. The first-order chi connectivity index (χ1) is 8.56. The molecule has 0 spiro atoms. The molecular weight excluding hydrogens is 271 g/mol. The molecule has 5 heteroatoms. The minimum absolute atomic E-state index is 0.149. The monoisotopic (exact) mass is 286 g/mol. The number of hydrogen-bond acceptors (Lipinski definition) is 2. The molecule has 1 aromatic carbocycles. The second-order valence-electron chi connectivity index (χ2n) is 4.52. The van der Waals surface area contributed by atoms with E-state index in [1.54, 1.807) is 13.0 Å². The summed E-state index contributed by atoms with van der Waals surface area (Å²) in [5.41, 5.74) is 1.04. The molecule has 0 aromatic heterocycles. The Morgan fingerprint density at radius 1 is 1.22 bits per heavy atom. The van der Waals surface area contributed by atoms with E-state index in [0.29, 0.717) is 5.02 Å². The molecular formula is C13H16Cl2N2O. The summed E-state index contributed by atoms with van der Waals surface area (Å²) in [6.45, 7) is 5.72. The lowest BCUT2D eigenvalue weighted by molar-refractivity contribution is -0.130. The van der Waals surface area contributed by atoms with Crippen LogP contribution < -0.4 is 0 Å². The van der Waals surface area contributed by atoms with Crippen LogP contribution in [-0.2, 0) is 11.3 Å². The van der Waals surface area contributed by atoms with Gasteiger partial charge in [-0.05, 0) is 23.8 Å². The Bertz CT molecular complexity index is 443. The molecule has 3 nitrogen and oxygen atoms in total. The molecule has 98 valence electrons. The van der Waals surface area contributed by atoms with Gasteiger partial charge in [-0.1, -0.05) is 23.2 Å². The van der Waals surface area contributed by atoms with E-state index in [-0.39, 0.29) is 5.91 Å². The van der Waals surface area contributed by atoms with Crippen molar-refractivity contribution in [3.8, 4) is 0 Å². The molecule has 1 aliphatic rings. The van der Waals surface area contributed by atoms with E-state index in [0.717, 1.165) is 43.3 Å². The Hall–Kier alpha value is -0.770. The van der Waals surface area contributed by atoms with E-state index >= 15 is 0 Å². The number of benzene rings is 1. The Morgan fingerprint density at radius 3 is 2.50 bits per heavy atom. The van der Waals surface area contributed by atoms with E-state index in [9.17, 15) is 4.79 Å². The molecule has 1 saturated heterocycles. The van der Waals surface area contributed by atoms with Crippen LogP contribution in [0.25, 0.3) is 0 Å². The average molecular weight is 287 g/mol. The number of amides is 1. The van der Waals surface area contributed by atoms with Gasteiger partial charge in [-0.25, -0.2) is 0 Å². The summed E-state index contributed by atoms with van der Waals surface area (Å²) in [4.78, 5) is 15.4. The van der Waals surface area contributed by atoms with Gasteiger partial charge < -0.3 is 4.90 Å². The zero-order valence-corrected chi connectivity index (χ0v) is 11.8. The summed E-state index contributed by atoms with van der Waals surface area (Å²) in [5.74, 6) is 0.149. The van der Waals surface area contributed by atoms with Gasteiger partial charge in [0.05, 0.1) is 0 Å². The van der Waals surface area contributed by atoms with Crippen molar-refractivity contribution in [2.24, 2.45) is 0 Å². The number of rotatable bonds is 2. The normalized spacial score (nSPS) is 16.9. The second kappa shape index (κ2) is 5.91. The molecule has 2 rings (SSSR count). The summed E-state index contributed by atoms with van der Waals surface area (Å²) in [7, 11) is 0. The molecule has 0 radical (unpaired) electrons. The van der Waals surface area contributed by atoms with Gasteiger partial charge in [-0.15, -0.1) is 0 Å². The molecule has 1 aromatic rings. The molecule has 18 heavy (non-hydrogen) atoms. The highest BCUT2D eigenvalue weighted by molar-refractivity contribution is 6.33. The standard InChI is InChI=1S/C13H16Cl2N2O/c1-10(18)17-6-4-16(5-7-17)9-11-8-12(14)2-3-13(11)15/h2-3,8H,4-7,9H2,1H3. The van der Waals surface area contributed by atoms with Gasteiger partial charge in [0.15, 0.2) is 0 Å². The van der Waals surface area contributed by atoms with Gasteiger partial charge in [0.25, 0.3) is 0 Å². The maximum atomic E-state index is 11.2. The molecule has 0 bridgehead atoms. The van der Waals surface area contributed by atoms with Gasteiger partial charge in [-0.2, -0.15) is 0 Å². The number of carbonyl (C=O) groups is 1. The third-order valence-corrected chi connectivity index (χ3v) is 3.82. The fourth-order valence-electron chi connectivity index (χ4n) is 2.13. The Morgan fingerprint density at radius 2 is 1.89 bits per heavy atom. The summed E-state index contributed by atoms with van der Waals surface area (Å²) in [6.07, 6.45) is 0. The Labute approximate surface area is 117 Å². The minimum Gasteiger partial charge on any atom is -0.340 e. The van der Waals surface area contributed by atoms with Crippen LogP contribution in [0.2, 0.25) is 10.0 Å². The third-order valence-electron chi connectivity index (χ3n) is 3.22. The van der Waals surface area contributed by atoms with Crippen molar-refractivity contribution in [3.63, 3.8) is 0 Å².